The molecule has 2 heterocycles. The molecule has 11 heteroatoms. The Morgan fingerprint density at radius 3 is 2.68 bits per heavy atom. The number of nitrogens with zero attached hydrogens (tertiary/aromatic N) is 5. The first-order valence-electron chi connectivity index (χ1n) is 16.4. The number of piperidine rings is 1. The Morgan fingerprint density at radius 1 is 1.32 bits per heavy atom. The molecule has 1 saturated heterocycles. The van der Waals surface area contributed by atoms with Gasteiger partial charge >= 0.3 is 0 Å². The van der Waals surface area contributed by atoms with Gasteiger partial charge in [0.15, 0.2) is 11.7 Å². The second kappa shape index (κ2) is 16.3. The Labute approximate surface area is 280 Å². The second-order valence-electron chi connectivity index (χ2n) is 12.6. The fraction of sp³-hybridized carbons (Fsp3) is 0.528. The Bertz CT molecular complexity index is 1500. The summed E-state index contributed by atoms with van der Waals surface area (Å²) in [5, 5.41) is 10.2. The van der Waals surface area contributed by atoms with Crippen molar-refractivity contribution in [1.82, 2.24) is 14.9 Å². The third-order valence-electron chi connectivity index (χ3n) is 9.34. The summed E-state index contributed by atoms with van der Waals surface area (Å²) in [6, 6.07) is 8.59. The number of likely N-dealkylation sites (tertiary alicyclic amines) is 1. The molecule has 1 aliphatic heterocycles. The minimum absolute atomic E-state index is 0.0602. The van der Waals surface area contributed by atoms with Crippen LogP contribution in [0.4, 0.5) is 4.39 Å². The van der Waals surface area contributed by atoms with Crippen LogP contribution < -0.4 is 14.8 Å². The SMILES string of the molecule is C=CC(=O)N1CC[C@H](Oc2cc(O[C@@H](C)C(=C)C[C@@H](C)CC)nc(C/N=C(\OC)C3(c4c(F)cccc4P)CCC3)n2)C[C@H]1CC#N. The van der Waals surface area contributed by atoms with Crippen LogP contribution in [0.2, 0.25) is 0 Å². The summed E-state index contributed by atoms with van der Waals surface area (Å²) in [7, 11) is 4.19. The number of aliphatic imine (C=N–C) groups is 1. The number of halogens is 1. The van der Waals surface area contributed by atoms with E-state index in [0.29, 0.717) is 67.2 Å². The highest BCUT2D eigenvalue weighted by Gasteiger charge is 2.47. The fourth-order valence-corrected chi connectivity index (χ4v) is 6.89. The van der Waals surface area contributed by atoms with E-state index < -0.39 is 5.41 Å². The predicted molar refractivity (Wildman–Crippen MR) is 184 cm³/mol. The van der Waals surface area contributed by atoms with Crippen molar-refractivity contribution in [2.75, 3.05) is 13.7 Å². The van der Waals surface area contributed by atoms with E-state index in [1.807, 2.05) is 13.0 Å². The summed E-state index contributed by atoms with van der Waals surface area (Å²) in [6.45, 7) is 14.6. The van der Waals surface area contributed by atoms with Crippen molar-refractivity contribution in [1.29, 1.82) is 5.26 Å². The van der Waals surface area contributed by atoms with Gasteiger partial charge in [0.1, 0.15) is 24.6 Å². The predicted octanol–water partition coefficient (Wildman–Crippen LogP) is 6.38. The third-order valence-corrected chi connectivity index (χ3v) is 9.82. The van der Waals surface area contributed by atoms with E-state index in [0.717, 1.165) is 30.1 Å². The monoisotopic (exact) mass is 663 g/mol. The highest BCUT2D eigenvalue weighted by Crippen LogP contribution is 2.46. The van der Waals surface area contributed by atoms with Crippen LogP contribution in [0.3, 0.4) is 0 Å². The molecule has 1 aromatic carbocycles. The molecule has 1 unspecified atom stereocenters. The van der Waals surface area contributed by atoms with Crippen molar-refractivity contribution >= 4 is 26.3 Å². The number of carbonyl (C=O) groups is 1. The molecule has 2 aromatic rings. The lowest BCUT2D eigenvalue weighted by atomic mass is 9.64. The summed E-state index contributed by atoms with van der Waals surface area (Å²) in [6.07, 6.45) is 6.15. The first kappa shape index (κ1) is 36.0. The minimum atomic E-state index is -0.667. The zero-order valence-corrected chi connectivity index (χ0v) is 29.2. The summed E-state index contributed by atoms with van der Waals surface area (Å²) in [5.74, 6) is 1.41. The van der Waals surface area contributed by atoms with Crippen molar-refractivity contribution in [3.63, 3.8) is 0 Å². The number of hydrogen-bond acceptors (Lipinski definition) is 8. The quantitative estimate of drug-likeness (QED) is 0.0759. The van der Waals surface area contributed by atoms with Gasteiger partial charge in [-0.15, -0.1) is 9.24 Å². The van der Waals surface area contributed by atoms with Gasteiger partial charge in [0.2, 0.25) is 17.7 Å². The van der Waals surface area contributed by atoms with Crippen molar-refractivity contribution < 1.29 is 23.4 Å². The molecule has 0 bridgehead atoms. The van der Waals surface area contributed by atoms with Gasteiger partial charge in [0.25, 0.3) is 0 Å². The number of ether oxygens (including phenoxy) is 3. The molecule has 0 spiro atoms. The fourth-order valence-electron chi connectivity index (χ4n) is 6.36. The Hall–Kier alpha value is -3.83. The summed E-state index contributed by atoms with van der Waals surface area (Å²) >= 11 is 0. The molecule has 1 aliphatic carbocycles. The Kier molecular flexibility index (Phi) is 12.5. The van der Waals surface area contributed by atoms with Gasteiger partial charge in [0.05, 0.1) is 31.1 Å². The van der Waals surface area contributed by atoms with Crippen LogP contribution in [0.25, 0.3) is 0 Å². The maximum atomic E-state index is 15.2. The standard InChI is InChI=1S/C36H47FN5O4P/c1-7-23(3)19-24(4)25(5)45-31-21-32(46-27-14-18-42(33(43)8-2)26(20-27)13-17-38)41-30(40-31)22-39-35(44-6)36(15-10-16-36)34-28(37)11-9-12-29(34)47/h8-9,11-12,21,23,25-27H,2,4,7,10,13-16,18-20,22,47H2,1,3,5-6H3/b39-35-/t23-,25-,26+,27-/m0/s1. The van der Waals surface area contributed by atoms with Gasteiger partial charge in [-0.2, -0.15) is 15.2 Å². The van der Waals surface area contributed by atoms with Crippen LogP contribution in [0, 0.1) is 23.1 Å². The molecule has 5 atom stereocenters. The molecular formula is C36H47FN5O4P. The lowest BCUT2D eigenvalue weighted by Crippen LogP contribution is -2.48. The van der Waals surface area contributed by atoms with E-state index in [1.165, 1.54) is 12.1 Å². The third kappa shape index (κ3) is 8.56. The average molecular weight is 664 g/mol. The summed E-state index contributed by atoms with van der Waals surface area (Å²) in [5.41, 5.74) is 0.880. The number of carbonyl (C=O) groups excluding carboxylic acids is 1. The average Bonchev–Trinajstić information content (AvgIpc) is 3.02. The molecule has 252 valence electrons. The van der Waals surface area contributed by atoms with E-state index in [-0.39, 0.29) is 42.9 Å². The van der Waals surface area contributed by atoms with Crippen LogP contribution in [-0.4, -0.2) is 58.6 Å². The molecule has 2 fully saturated rings. The van der Waals surface area contributed by atoms with Crippen LogP contribution in [0.15, 0.2) is 54.1 Å². The lowest BCUT2D eigenvalue weighted by molar-refractivity contribution is -0.130. The van der Waals surface area contributed by atoms with Gasteiger partial charge in [0, 0.05) is 31.0 Å². The van der Waals surface area contributed by atoms with Crippen molar-refractivity contribution in [3.05, 3.63) is 66.3 Å². The maximum Gasteiger partial charge on any atom is 0.246 e. The molecular weight excluding hydrogens is 616 g/mol. The molecule has 1 aromatic heterocycles. The zero-order chi connectivity index (χ0) is 34.1. The van der Waals surface area contributed by atoms with Gasteiger partial charge in [-0.1, -0.05) is 52.0 Å². The van der Waals surface area contributed by atoms with Crippen LogP contribution in [-0.2, 0) is 21.5 Å². The first-order valence-corrected chi connectivity index (χ1v) is 16.9. The van der Waals surface area contributed by atoms with Crippen molar-refractivity contribution in [2.24, 2.45) is 10.9 Å². The largest absolute Gasteiger partial charge is 0.484 e. The number of rotatable bonds is 14. The molecule has 2 aliphatic rings. The number of aromatic nitrogens is 2. The summed E-state index contributed by atoms with van der Waals surface area (Å²) in [4.78, 5) is 28.2. The van der Waals surface area contributed by atoms with Gasteiger partial charge < -0.3 is 19.1 Å². The normalized spacial score (nSPS) is 20.3. The number of benzene rings is 1. The molecule has 1 saturated carbocycles. The van der Waals surface area contributed by atoms with Crippen LogP contribution >= 0.6 is 9.24 Å². The number of methoxy groups -OCH3 is 1. The van der Waals surface area contributed by atoms with Crippen molar-refractivity contribution in [2.45, 2.75) is 102 Å². The smallest absolute Gasteiger partial charge is 0.246 e. The van der Waals surface area contributed by atoms with Crippen LogP contribution in [0.1, 0.15) is 83.5 Å². The Balaban J connectivity index is 1.63. The number of amides is 1. The van der Waals surface area contributed by atoms with Crippen LogP contribution in [0.5, 0.6) is 11.8 Å². The van der Waals surface area contributed by atoms with Gasteiger partial charge in [-0.25, -0.2) is 9.38 Å². The lowest BCUT2D eigenvalue weighted by Gasteiger charge is -2.42. The van der Waals surface area contributed by atoms with E-state index >= 15 is 4.39 Å². The Morgan fingerprint density at radius 2 is 2.06 bits per heavy atom. The highest BCUT2D eigenvalue weighted by molar-refractivity contribution is 7.27. The molecule has 47 heavy (non-hydrogen) atoms. The second-order valence-corrected chi connectivity index (χ2v) is 13.2. The van der Waals surface area contributed by atoms with Gasteiger partial charge in [-0.05, 0) is 55.1 Å². The molecule has 1 amide bonds. The van der Waals surface area contributed by atoms with E-state index in [1.54, 1.807) is 24.1 Å². The topological polar surface area (TPSA) is 110 Å². The van der Waals surface area contributed by atoms with E-state index in [9.17, 15) is 10.1 Å². The zero-order valence-electron chi connectivity index (χ0n) is 28.0. The molecule has 4 rings (SSSR count). The van der Waals surface area contributed by atoms with E-state index in [4.69, 9.17) is 19.2 Å². The minimum Gasteiger partial charge on any atom is -0.484 e. The first-order chi connectivity index (χ1) is 22.5. The molecule has 9 nitrogen and oxygen atoms in total. The van der Waals surface area contributed by atoms with Crippen molar-refractivity contribution in [3.8, 4) is 17.8 Å². The molecule has 0 N–H and O–H groups in total. The highest BCUT2D eigenvalue weighted by atomic mass is 31.0. The maximum absolute atomic E-state index is 15.2. The van der Waals surface area contributed by atoms with Gasteiger partial charge in [-0.3, -0.25) is 4.79 Å². The summed E-state index contributed by atoms with van der Waals surface area (Å²) < 4.78 is 33.6. The molecule has 0 radical (unpaired) electrons. The number of hydrogen-bond donors (Lipinski definition) is 0. The van der Waals surface area contributed by atoms with E-state index in [2.05, 4.69) is 52.3 Å². The number of nitriles is 1.